The molecule has 2 rings (SSSR count). The lowest BCUT2D eigenvalue weighted by Crippen LogP contribution is -2.59. The second kappa shape index (κ2) is 16.9. The van der Waals surface area contributed by atoms with Gasteiger partial charge in [0, 0.05) is 37.8 Å². The normalized spacial score (nSPS) is 15.6. The van der Waals surface area contributed by atoms with Gasteiger partial charge in [0.2, 0.25) is 41.4 Å². The van der Waals surface area contributed by atoms with Crippen LogP contribution in [-0.4, -0.2) is 84.0 Å². The summed E-state index contributed by atoms with van der Waals surface area (Å²) in [6.07, 6.45) is 1.09. The Hall–Kier alpha value is -4.29. The van der Waals surface area contributed by atoms with Crippen molar-refractivity contribution in [3.8, 4) is 0 Å². The minimum absolute atomic E-state index is 0.0344. The Bertz CT molecular complexity index is 1370. The van der Waals surface area contributed by atoms with E-state index in [0.29, 0.717) is 13.0 Å². The topological polar surface area (TPSA) is 183 Å². The van der Waals surface area contributed by atoms with Gasteiger partial charge in [-0.05, 0) is 49.0 Å². The van der Waals surface area contributed by atoms with Crippen LogP contribution in [0.25, 0.3) is 0 Å². The van der Waals surface area contributed by atoms with Crippen molar-refractivity contribution in [3.05, 3.63) is 35.9 Å². The molecular formula is C36H56N6O7. The Labute approximate surface area is 290 Å². The molecule has 7 amide bonds. The van der Waals surface area contributed by atoms with Crippen LogP contribution in [0.3, 0.4) is 0 Å². The minimum atomic E-state index is -0.994. The number of likely N-dealkylation sites (tertiary alicyclic amines) is 1. The van der Waals surface area contributed by atoms with Crippen LogP contribution in [0.1, 0.15) is 93.6 Å². The Balaban J connectivity index is 1.88. The number of benzene rings is 1. The van der Waals surface area contributed by atoms with Gasteiger partial charge in [0.25, 0.3) is 0 Å². The van der Waals surface area contributed by atoms with Crippen LogP contribution in [0.15, 0.2) is 30.3 Å². The second-order valence-corrected chi connectivity index (χ2v) is 15.7. The monoisotopic (exact) mass is 684 g/mol. The van der Waals surface area contributed by atoms with Gasteiger partial charge in [0.1, 0.15) is 6.04 Å². The van der Waals surface area contributed by atoms with Gasteiger partial charge in [-0.3, -0.25) is 38.5 Å². The average Bonchev–Trinajstić information content (AvgIpc) is 2.96. The van der Waals surface area contributed by atoms with Crippen molar-refractivity contribution in [2.24, 2.45) is 16.2 Å². The zero-order valence-corrected chi connectivity index (χ0v) is 30.6. The van der Waals surface area contributed by atoms with E-state index in [2.05, 4.69) is 26.6 Å². The van der Waals surface area contributed by atoms with Crippen LogP contribution in [0.4, 0.5) is 0 Å². The third kappa shape index (κ3) is 12.6. The molecule has 0 spiro atoms. The summed E-state index contributed by atoms with van der Waals surface area (Å²) >= 11 is 0. The van der Waals surface area contributed by atoms with Crippen LogP contribution in [0.2, 0.25) is 0 Å². The molecule has 0 bridgehead atoms. The third-order valence-corrected chi connectivity index (χ3v) is 9.17. The summed E-state index contributed by atoms with van der Waals surface area (Å²) in [4.78, 5) is 90.5. The van der Waals surface area contributed by atoms with E-state index >= 15 is 0 Å². The molecule has 13 heteroatoms. The van der Waals surface area contributed by atoms with Crippen LogP contribution in [-0.2, 0) is 40.0 Å². The highest BCUT2D eigenvalue weighted by atomic mass is 16.2. The lowest BCUT2D eigenvalue weighted by atomic mass is 9.62. The van der Waals surface area contributed by atoms with E-state index in [4.69, 9.17) is 0 Å². The van der Waals surface area contributed by atoms with Crippen LogP contribution in [0, 0.1) is 16.2 Å². The van der Waals surface area contributed by atoms with Gasteiger partial charge in [0.15, 0.2) is 0 Å². The van der Waals surface area contributed by atoms with E-state index in [1.54, 1.807) is 31.2 Å². The SMILES string of the molecule is CCNC(=O)CNC(=O)C(Cc1ccccc1)NC(=O)CNC(=O)CNC(=O)CC(C)(C)CC(C)(C)N1C(=O)CC(C)(C(C)(C)C)CC1=O. The highest BCUT2D eigenvalue weighted by molar-refractivity contribution is 5.99. The molecule has 1 saturated heterocycles. The third-order valence-electron chi connectivity index (χ3n) is 9.17. The summed E-state index contributed by atoms with van der Waals surface area (Å²) in [5.41, 5.74) is -1.34. The fraction of sp³-hybridized carbons (Fsp3) is 0.639. The maximum absolute atomic E-state index is 13.3. The first-order chi connectivity index (χ1) is 22.6. The fourth-order valence-corrected chi connectivity index (χ4v) is 6.32. The molecule has 1 atom stereocenters. The summed E-state index contributed by atoms with van der Waals surface area (Å²) in [6.45, 7) is 16.6. The summed E-state index contributed by atoms with van der Waals surface area (Å²) < 4.78 is 0. The van der Waals surface area contributed by atoms with Gasteiger partial charge in [-0.1, -0.05) is 71.9 Å². The van der Waals surface area contributed by atoms with Crippen LogP contribution < -0.4 is 26.6 Å². The molecule has 0 radical (unpaired) electrons. The smallest absolute Gasteiger partial charge is 0.243 e. The van der Waals surface area contributed by atoms with Gasteiger partial charge in [-0.15, -0.1) is 0 Å². The molecule has 1 heterocycles. The molecule has 1 aliphatic heterocycles. The Morgan fingerprint density at radius 3 is 1.82 bits per heavy atom. The Kier molecular flexibility index (Phi) is 14.1. The van der Waals surface area contributed by atoms with Crippen molar-refractivity contribution in [1.29, 1.82) is 0 Å². The molecule has 49 heavy (non-hydrogen) atoms. The summed E-state index contributed by atoms with van der Waals surface area (Å²) in [5, 5.41) is 12.7. The summed E-state index contributed by atoms with van der Waals surface area (Å²) in [6, 6.07) is 8.04. The lowest BCUT2D eigenvalue weighted by Gasteiger charge is -2.50. The van der Waals surface area contributed by atoms with E-state index in [-0.39, 0.29) is 61.9 Å². The number of nitrogens with zero attached hydrogens (tertiary/aromatic N) is 1. The minimum Gasteiger partial charge on any atom is -0.355 e. The molecule has 0 aliphatic carbocycles. The first-order valence-corrected chi connectivity index (χ1v) is 16.9. The molecule has 272 valence electrons. The molecule has 1 aromatic rings. The molecule has 1 aliphatic rings. The van der Waals surface area contributed by atoms with Crippen molar-refractivity contribution >= 4 is 41.4 Å². The fourth-order valence-electron chi connectivity index (χ4n) is 6.32. The summed E-state index contributed by atoms with van der Waals surface area (Å²) in [7, 11) is 0. The van der Waals surface area contributed by atoms with E-state index in [9.17, 15) is 33.6 Å². The van der Waals surface area contributed by atoms with Crippen molar-refractivity contribution in [2.45, 2.75) is 106 Å². The molecule has 1 fully saturated rings. The predicted octanol–water partition coefficient (Wildman–Crippen LogP) is 1.99. The maximum atomic E-state index is 13.3. The number of piperidine rings is 1. The number of nitrogens with one attached hydrogen (secondary N) is 5. The Morgan fingerprint density at radius 2 is 1.27 bits per heavy atom. The van der Waals surface area contributed by atoms with Crippen molar-refractivity contribution in [1.82, 2.24) is 31.5 Å². The van der Waals surface area contributed by atoms with E-state index < -0.39 is 52.6 Å². The number of hydrogen-bond acceptors (Lipinski definition) is 7. The molecular weight excluding hydrogens is 628 g/mol. The maximum Gasteiger partial charge on any atom is 0.243 e. The van der Waals surface area contributed by atoms with Gasteiger partial charge in [0.05, 0.1) is 19.6 Å². The quantitative estimate of drug-likeness (QED) is 0.165. The number of rotatable bonds is 16. The van der Waals surface area contributed by atoms with Crippen molar-refractivity contribution in [3.63, 3.8) is 0 Å². The van der Waals surface area contributed by atoms with Gasteiger partial charge >= 0.3 is 0 Å². The van der Waals surface area contributed by atoms with E-state index in [1.807, 2.05) is 61.5 Å². The summed E-state index contributed by atoms with van der Waals surface area (Å²) in [5.74, 6) is -2.97. The van der Waals surface area contributed by atoms with Crippen molar-refractivity contribution < 1.29 is 33.6 Å². The molecule has 13 nitrogen and oxygen atoms in total. The number of carbonyl (C=O) groups excluding carboxylic acids is 7. The highest BCUT2D eigenvalue weighted by Gasteiger charge is 2.51. The zero-order chi connectivity index (χ0) is 37.2. The van der Waals surface area contributed by atoms with Gasteiger partial charge < -0.3 is 26.6 Å². The number of hydrogen-bond donors (Lipinski definition) is 5. The first kappa shape index (κ1) is 40.9. The molecule has 1 aromatic carbocycles. The standard InChI is InChI=1S/C36H56N6O7/c1-10-37-27(44)21-40-32(49)25(16-24-14-12-11-13-15-24)41-29(46)22-39-28(45)20-38-26(43)17-34(5,6)23-35(7,8)42-30(47)18-36(9,19-31(42)48)33(2,3)4/h11-15,25H,10,16-23H2,1-9H3,(H,37,44)(H,38,43)(H,39,45)(H,40,49)(H,41,46). The number of amides is 7. The van der Waals surface area contributed by atoms with Gasteiger partial charge in [-0.25, -0.2) is 0 Å². The molecule has 0 saturated carbocycles. The van der Waals surface area contributed by atoms with Crippen LogP contribution in [0.5, 0.6) is 0 Å². The van der Waals surface area contributed by atoms with Crippen molar-refractivity contribution in [2.75, 3.05) is 26.2 Å². The largest absolute Gasteiger partial charge is 0.355 e. The van der Waals surface area contributed by atoms with Crippen LogP contribution >= 0.6 is 0 Å². The first-order valence-electron chi connectivity index (χ1n) is 16.9. The number of carbonyl (C=O) groups is 7. The average molecular weight is 685 g/mol. The number of imide groups is 1. The van der Waals surface area contributed by atoms with E-state index in [1.165, 1.54) is 4.90 Å². The van der Waals surface area contributed by atoms with Gasteiger partial charge in [-0.2, -0.15) is 0 Å². The lowest BCUT2D eigenvalue weighted by molar-refractivity contribution is -0.165. The predicted molar refractivity (Wildman–Crippen MR) is 186 cm³/mol. The molecule has 1 unspecified atom stereocenters. The van der Waals surface area contributed by atoms with E-state index in [0.717, 1.165) is 5.56 Å². The molecule has 0 aromatic heterocycles. The highest BCUT2D eigenvalue weighted by Crippen LogP contribution is 2.49. The zero-order valence-electron chi connectivity index (χ0n) is 30.6. The second-order valence-electron chi connectivity index (χ2n) is 15.7. The number of likely N-dealkylation sites (N-methyl/N-ethyl adjacent to an activating group) is 1. The molecule has 5 N–H and O–H groups in total. The Morgan fingerprint density at radius 1 is 0.755 bits per heavy atom.